The summed E-state index contributed by atoms with van der Waals surface area (Å²) < 4.78 is 5.67. The Bertz CT molecular complexity index is 910. The van der Waals surface area contributed by atoms with Gasteiger partial charge in [-0.3, -0.25) is 9.88 Å². The quantitative estimate of drug-likeness (QED) is 0.672. The van der Waals surface area contributed by atoms with E-state index in [0.717, 1.165) is 30.5 Å². The van der Waals surface area contributed by atoms with Gasteiger partial charge in [-0.05, 0) is 82.7 Å². The van der Waals surface area contributed by atoms with Crippen molar-refractivity contribution in [2.45, 2.75) is 71.1 Å². The Kier molecular flexibility index (Phi) is 4.45. The van der Waals surface area contributed by atoms with Gasteiger partial charge in [0.2, 0.25) is 0 Å². The number of rotatable bonds is 1. The van der Waals surface area contributed by atoms with E-state index in [1.54, 1.807) is 0 Å². The van der Waals surface area contributed by atoms with Crippen LogP contribution in [0, 0.1) is 6.92 Å². The smallest absolute Gasteiger partial charge is 0.411 e. The second-order valence-corrected chi connectivity index (χ2v) is 8.80. The summed E-state index contributed by atoms with van der Waals surface area (Å²) in [5, 5.41) is 1.17. The number of hydrogen-bond acceptors (Lipinski definition) is 3. The lowest BCUT2D eigenvalue weighted by Crippen LogP contribution is -2.53. The highest BCUT2D eigenvalue weighted by atomic mass is 16.6. The summed E-state index contributed by atoms with van der Waals surface area (Å²) in [5.74, 6) is 0. The molecule has 4 heteroatoms. The van der Waals surface area contributed by atoms with E-state index in [1.165, 1.54) is 22.9 Å². The Labute approximate surface area is 161 Å². The van der Waals surface area contributed by atoms with Gasteiger partial charge in [0, 0.05) is 17.1 Å². The molecule has 2 atom stereocenters. The third kappa shape index (κ3) is 3.71. The summed E-state index contributed by atoms with van der Waals surface area (Å²) in [6.45, 7) is 7.80. The first kappa shape index (κ1) is 18.0. The molecule has 142 valence electrons. The minimum absolute atomic E-state index is 0.134. The summed E-state index contributed by atoms with van der Waals surface area (Å²) in [6, 6.07) is 11.1. The second kappa shape index (κ2) is 6.66. The number of aryl methyl sites for hydroxylation is 1. The number of amides is 1. The Hall–Kier alpha value is -2.36. The molecular weight excluding hydrogens is 336 g/mol. The van der Waals surface area contributed by atoms with E-state index in [2.05, 4.69) is 41.4 Å². The molecule has 0 aliphatic carbocycles. The highest BCUT2D eigenvalue weighted by Gasteiger charge is 2.39. The van der Waals surface area contributed by atoms with E-state index in [4.69, 9.17) is 4.74 Å². The number of nitrogens with zero attached hydrogens (tertiary/aromatic N) is 2. The van der Waals surface area contributed by atoms with E-state index in [1.807, 2.05) is 32.6 Å². The van der Waals surface area contributed by atoms with Gasteiger partial charge in [-0.15, -0.1) is 0 Å². The fraction of sp³-hybridized carbons (Fsp3) is 0.478. The number of piperidine rings is 1. The average molecular weight is 364 g/mol. The van der Waals surface area contributed by atoms with Crippen LogP contribution in [-0.4, -0.2) is 33.7 Å². The highest BCUT2D eigenvalue weighted by Crippen LogP contribution is 2.38. The fourth-order valence-corrected chi connectivity index (χ4v) is 4.27. The lowest BCUT2D eigenvalue weighted by atomic mass is 9.83. The molecule has 27 heavy (non-hydrogen) atoms. The van der Waals surface area contributed by atoms with E-state index < -0.39 is 5.60 Å². The maximum absolute atomic E-state index is 12.7. The van der Waals surface area contributed by atoms with Gasteiger partial charge in [-0.1, -0.05) is 18.2 Å². The van der Waals surface area contributed by atoms with Crippen molar-refractivity contribution < 1.29 is 9.53 Å². The molecule has 2 bridgehead atoms. The number of fused-ring (bicyclic) bond motifs is 3. The molecule has 1 amide bonds. The zero-order chi connectivity index (χ0) is 19.2. The summed E-state index contributed by atoms with van der Waals surface area (Å²) in [6.07, 6.45) is 6.21. The van der Waals surface area contributed by atoms with Gasteiger partial charge in [0.15, 0.2) is 0 Å². The van der Waals surface area contributed by atoms with Crippen LogP contribution in [0.25, 0.3) is 16.5 Å². The van der Waals surface area contributed by atoms with Crippen LogP contribution in [-0.2, 0) is 4.74 Å². The van der Waals surface area contributed by atoms with Crippen molar-refractivity contribution in [2.75, 3.05) is 0 Å². The molecule has 1 aromatic heterocycles. The number of aromatic nitrogens is 1. The SMILES string of the molecule is Cc1ccc2cc(C3=CC4CCCC(C3)N4C(=O)OC(C)(C)C)ccc2n1. The van der Waals surface area contributed by atoms with Crippen LogP contribution in [0.15, 0.2) is 36.4 Å². The van der Waals surface area contributed by atoms with E-state index in [9.17, 15) is 4.79 Å². The van der Waals surface area contributed by atoms with Crippen molar-refractivity contribution in [1.29, 1.82) is 0 Å². The average Bonchev–Trinajstić information content (AvgIpc) is 2.58. The fourth-order valence-electron chi connectivity index (χ4n) is 4.27. The van der Waals surface area contributed by atoms with Crippen LogP contribution in [0.2, 0.25) is 0 Å². The van der Waals surface area contributed by atoms with Crippen LogP contribution in [0.1, 0.15) is 57.7 Å². The van der Waals surface area contributed by atoms with Gasteiger partial charge < -0.3 is 4.74 Å². The maximum Gasteiger partial charge on any atom is 0.411 e. The number of benzene rings is 1. The third-order valence-corrected chi connectivity index (χ3v) is 5.44. The molecule has 3 heterocycles. The number of hydrogen-bond donors (Lipinski definition) is 0. The molecule has 2 aliphatic heterocycles. The number of ether oxygens (including phenoxy) is 1. The van der Waals surface area contributed by atoms with Crippen LogP contribution in [0.4, 0.5) is 4.79 Å². The Morgan fingerprint density at radius 1 is 1.19 bits per heavy atom. The molecule has 0 saturated carbocycles. The molecule has 4 nitrogen and oxygen atoms in total. The summed E-state index contributed by atoms with van der Waals surface area (Å²) in [7, 11) is 0. The summed E-state index contributed by atoms with van der Waals surface area (Å²) in [4.78, 5) is 19.3. The number of pyridine rings is 1. The van der Waals surface area contributed by atoms with Crippen LogP contribution >= 0.6 is 0 Å². The maximum atomic E-state index is 12.7. The van der Waals surface area contributed by atoms with Crippen molar-refractivity contribution in [1.82, 2.24) is 9.88 Å². The summed E-state index contributed by atoms with van der Waals surface area (Å²) in [5.41, 5.74) is 4.19. The van der Waals surface area contributed by atoms with Gasteiger partial charge in [-0.25, -0.2) is 4.79 Å². The monoisotopic (exact) mass is 364 g/mol. The molecule has 2 aliphatic rings. The van der Waals surface area contributed by atoms with Crippen LogP contribution < -0.4 is 0 Å². The first-order valence-corrected chi connectivity index (χ1v) is 9.90. The van der Waals surface area contributed by atoms with Crippen LogP contribution in [0.5, 0.6) is 0 Å². The topological polar surface area (TPSA) is 42.4 Å². The highest BCUT2D eigenvalue weighted by molar-refractivity contribution is 5.84. The summed E-state index contributed by atoms with van der Waals surface area (Å²) >= 11 is 0. The minimum atomic E-state index is -0.459. The Balaban J connectivity index is 1.64. The standard InChI is InChI=1S/C23H28N2O2/c1-15-8-9-17-12-16(10-11-21(17)24-15)18-13-19-6-5-7-20(14-18)25(19)22(26)27-23(2,3)4/h8-13,19-20H,5-7,14H2,1-4H3. The molecule has 4 rings (SSSR count). The van der Waals surface area contributed by atoms with Gasteiger partial charge in [0.25, 0.3) is 0 Å². The second-order valence-electron chi connectivity index (χ2n) is 8.80. The van der Waals surface area contributed by atoms with E-state index in [0.29, 0.717) is 0 Å². The number of carbonyl (C=O) groups is 1. The molecule has 2 unspecified atom stereocenters. The van der Waals surface area contributed by atoms with Gasteiger partial charge in [0.05, 0.1) is 11.6 Å². The Morgan fingerprint density at radius 2 is 2.00 bits per heavy atom. The molecular formula is C23H28N2O2. The molecule has 0 spiro atoms. The largest absolute Gasteiger partial charge is 0.444 e. The van der Waals surface area contributed by atoms with Gasteiger partial charge >= 0.3 is 6.09 Å². The van der Waals surface area contributed by atoms with E-state index >= 15 is 0 Å². The van der Waals surface area contributed by atoms with Crippen molar-refractivity contribution >= 4 is 22.6 Å². The zero-order valence-corrected chi connectivity index (χ0v) is 16.7. The predicted octanol–water partition coefficient (Wildman–Crippen LogP) is 5.49. The van der Waals surface area contributed by atoms with E-state index in [-0.39, 0.29) is 18.2 Å². The first-order chi connectivity index (χ1) is 12.8. The molecule has 1 aromatic carbocycles. The molecule has 2 aromatic rings. The first-order valence-electron chi connectivity index (χ1n) is 9.90. The van der Waals surface area contributed by atoms with Gasteiger partial charge in [-0.2, -0.15) is 0 Å². The number of carbonyl (C=O) groups excluding carboxylic acids is 1. The van der Waals surface area contributed by atoms with Crippen molar-refractivity contribution in [3.8, 4) is 0 Å². The minimum Gasteiger partial charge on any atom is -0.444 e. The van der Waals surface area contributed by atoms with Crippen molar-refractivity contribution in [2.24, 2.45) is 0 Å². The predicted molar refractivity (Wildman–Crippen MR) is 109 cm³/mol. The molecule has 0 radical (unpaired) electrons. The zero-order valence-electron chi connectivity index (χ0n) is 16.7. The van der Waals surface area contributed by atoms with Gasteiger partial charge in [0.1, 0.15) is 5.60 Å². The third-order valence-electron chi connectivity index (χ3n) is 5.44. The Morgan fingerprint density at radius 3 is 2.74 bits per heavy atom. The lowest BCUT2D eigenvalue weighted by Gasteiger charge is -2.45. The van der Waals surface area contributed by atoms with Crippen molar-refractivity contribution in [3.05, 3.63) is 47.7 Å². The normalized spacial score (nSPS) is 22.5. The molecule has 0 N–H and O–H groups in total. The molecule has 1 saturated heterocycles. The lowest BCUT2D eigenvalue weighted by molar-refractivity contribution is 0.0000856. The van der Waals surface area contributed by atoms with Crippen molar-refractivity contribution in [3.63, 3.8) is 0 Å². The van der Waals surface area contributed by atoms with Crippen LogP contribution in [0.3, 0.4) is 0 Å². The molecule has 1 fully saturated rings.